The van der Waals surface area contributed by atoms with Crippen LogP contribution in [0.4, 0.5) is 0 Å². The summed E-state index contributed by atoms with van der Waals surface area (Å²) in [4.78, 5) is 2.56. The van der Waals surface area contributed by atoms with Crippen LogP contribution in [-0.4, -0.2) is 23.1 Å². The van der Waals surface area contributed by atoms with Gasteiger partial charge in [0.2, 0.25) is 0 Å². The van der Waals surface area contributed by atoms with Crippen LogP contribution in [0, 0.1) is 0 Å². The Morgan fingerprint density at radius 1 is 1.20 bits per heavy atom. The molecule has 0 saturated carbocycles. The quantitative estimate of drug-likeness (QED) is 0.758. The third-order valence-corrected chi connectivity index (χ3v) is 3.74. The van der Waals surface area contributed by atoms with E-state index in [1.807, 2.05) is 12.1 Å². The van der Waals surface area contributed by atoms with E-state index in [1.54, 1.807) is 0 Å². The molecular formula is C13H17NO. The minimum atomic E-state index is 0.415. The summed E-state index contributed by atoms with van der Waals surface area (Å²) in [6.45, 7) is 2.51. The zero-order chi connectivity index (χ0) is 10.3. The number of phenolic OH excluding ortho intramolecular Hbond substituents is 1. The van der Waals surface area contributed by atoms with E-state index in [1.165, 1.54) is 43.5 Å². The molecule has 1 N–H and O–H groups in total. The van der Waals surface area contributed by atoms with Crippen molar-refractivity contribution in [2.24, 2.45) is 0 Å². The molecule has 0 bridgehead atoms. The van der Waals surface area contributed by atoms with Crippen LogP contribution in [0.2, 0.25) is 0 Å². The second-order valence-corrected chi connectivity index (χ2v) is 4.68. The lowest BCUT2D eigenvalue weighted by Gasteiger charge is -2.41. The molecular weight excluding hydrogens is 186 g/mol. The van der Waals surface area contributed by atoms with Gasteiger partial charge in [-0.05, 0) is 62.0 Å². The maximum atomic E-state index is 9.47. The van der Waals surface area contributed by atoms with Crippen LogP contribution in [0.5, 0.6) is 5.75 Å². The highest BCUT2D eigenvalue weighted by atomic mass is 16.3. The zero-order valence-electron chi connectivity index (χ0n) is 8.95. The van der Waals surface area contributed by atoms with Gasteiger partial charge in [0, 0.05) is 6.04 Å². The molecule has 1 atom stereocenters. The summed E-state index contributed by atoms with van der Waals surface area (Å²) in [5, 5.41) is 9.47. The fourth-order valence-corrected chi connectivity index (χ4v) is 2.81. The Hall–Kier alpha value is -1.02. The van der Waals surface area contributed by atoms with Crippen molar-refractivity contribution in [3.8, 4) is 5.75 Å². The van der Waals surface area contributed by atoms with Crippen molar-refractivity contribution in [1.82, 2.24) is 4.90 Å². The van der Waals surface area contributed by atoms with E-state index in [9.17, 15) is 5.11 Å². The van der Waals surface area contributed by atoms with E-state index in [-0.39, 0.29) is 0 Å². The van der Waals surface area contributed by atoms with E-state index in [0.717, 1.165) is 6.42 Å². The highest BCUT2D eigenvalue weighted by Gasteiger charge is 2.29. The summed E-state index contributed by atoms with van der Waals surface area (Å²) in [6, 6.07) is 6.52. The van der Waals surface area contributed by atoms with Crippen LogP contribution in [0.1, 0.15) is 36.4 Å². The van der Waals surface area contributed by atoms with Crippen LogP contribution in [0.3, 0.4) is 0 Å². The first-order chi connectivity index (χ1) is 7.34. The van der Waals surface area contributed by atoms with Gasteiger partial charge in [0.05, 0.1) is 0 Å². The Morgan fingerprint density at radius 3 is 2.80 bits per heavy atom. The average molecular weight is 203 g/mol. The van der Waals surface area contributed by atoms with Gasteiger partial charge in [-0.2, -0.15) is 0 Å². The smallest absolute Gasteiger partial charge is 0.115 e. The van der Waals surface area contributed by atoms with E-state index in [2.05, 4.69) is 11.0 Å². The lowest BCUT2D eigenvalue weighted by molar-refractivity contribution is 0.105. The first kappa shape index (κ1) is 9.22. The number of phenols is 1. The first-order valence-corrected chi connectivity index (χ1v) is 5.90. The monoisotopic (exact) mass is 203 g/mol. The van der Waals surface area contributed by atoms with E-state index >= 15 is 0 Å². The lowest BCUT2D eigenvalue weighted by atomic mass is 9.85. The Labute approximate surface area is 90.5 Å². The van der Waals surface area contributed by atoms with Gasteiger partial charge in [-0.25, -0.2) is 0 Å². The normalized spacial score (nSPS) is 25.7. The Kier molecular flexibility index (Phi) is 2.17. The van der Waals surface area contributed by atoms with Crippen molar-refractivity contribution in [1.29, 1.82) is 0 Å². The molecule has 15 heavy (non-hydrogen) atoms. The summed E-state index contributed by atoms with van der Waals surface area (Å²) in [6.07, 6.45) is 5.04. The molecule has 2 nitrogen and oxygen atoms in total. The van der Waals surface area contributed by atoms with Crippen molar-refractivity contribution in [3.63, 3.8) is 0 Å². The van der Waals surface area contributed by atoms with Gasteiger partial charge in [0.1, 0.15) is 5.75 Å². The van der Waals surface area contributed by atoms with Crippen LogP contribution in [0.15, 0.2) is 18.2 Å². The molecule has 1 saturated heterocycles. The van der Waals surface area contributed by atoms with Crippen LogP contribution < -0.4 is 0 Å². The van der Waals surface area contributed by atoms with Gasteiger partial charge in [-0.1, -0.05) is 6.07 Å². The standard InChI is InChI=1S/C13H17NO/c15-11-5-6-12-10(9-11)3-1-4-13(12)14-7-2-8-14/h5-6,9,13,15H,1-4,7-8H2. The Balaban J connectivity index is 1.95. The second-order valence-electron chi connectivity index (χ2n) is 4.68. The maximum Gasteiger partial charge on any atom is 0.115 e. The average Bonchev–Trinajstić information content (AvgIpc) is 2.15. The topological polar surface area (TPSA) is 23.5 Å². The SMILES string of the molecule is Oc1ccc2c(c1)CCCC2N1CCC1. The highest BCUT2D eigenvalue weighted by Crippen LogP contribution is 2.37. The van der Waals surface area contributed by atoms with Crippen LogP contribution in [-0.2, 0) is 6.42 Å². The van der Waals surface area contributed by atoms with Crippen molar-refractivity contribution in [2.45, 2.75) is 31.7 Å². The number of aromatic hydroxyl groups is 1. The number of rotatable bonds is 1. The Morgan fingerprint density at radius 2 is 2.07 bits per heavy atom. The number of aryl methyl sites for hydroxylation is 1. The number of hydrogen-bond donors (Lipinski definition) is 1. The molecule has 1 aromatic carbocycles. The summed E-state index contributed by atoms with van der Waals surface area (Å²) in [5.41, 5.74) is 2.82. The van der Waals surface area contributed by atoms with E-state index in [0.29, 0.717) is 11.8 Å². The summed E-state index contributed by atoms with van der Waals surface area (Å²) in [7, 11) is 0. The molecule has 2 aliphatic rings. The van der Waals surface area contributed by atoms with Crippen LogP contribution >= 0.6 is 0 Å². The van der Waals surface area contributed by atoms with Gasteiger partial charge < -0.3 is 5.11 Å². The predicted octanol–water partition coefficient (Wildman–Crippen LogP) is 2.48. The first-order valence-electron chi connectivity index (χ1n) is 5.90. The third kappa shape index (κ3) is 1.53. The van der Waals surface area contributed by atoms with Crippen molar-refractivity contribution < 1.29 is 5.11 Å². The lowest BCUT2D eigenvalue weighted by Crippen LogP contribution is -2.41. The van der Waals surface area contributed by atoms with Gasteiger partial charge in [-0.15, -0.1) is 0 Å². The molecule has 1 aromatic rings. The molecule has 0 spiro atoms. The van der Waals surface area contributed by atoms with Gasteiger partial charge >= 0.3 is 0 Å². The molecule has 1 aliphatic carbocycles. The fourth-order valence-electron chi connectivity index (χ4n) is 2.81. The molecule has 2 heteroatoms. The molecule has 0 amide bonds. The molecule has 3 rings (SSSR count). The zero-order valence-corrected chi connectivity index (χ0v) is 8.95. The molecule has 1 fully saturated rings. The van der Waals surface area contributed by atoms with Crippen molar-refractivity contribution in [3.05, 3.63) is 29.3 Å². The fraction of sp³-hybridized carbons (Fsp3) is 0.538. The number of likely N-dealkylation sites (tertiary alicyclic amines) is 1. The van der Waals surface area contributed by atoms with Crippen molar-refractivity contribution in [2.75, 3.05) is 13.1 Å². The van der Waals surface area contributed by atoms with Gasteiger partial charge in [-0.3, -0.25) is 4.90 Å². The van der Waals surface area contributed by atoms with E-state index < -0.39 is 0 Å². The number of nitrogens with zero attached hydrogens (tertiary/aromatic N) is 1. The largest absolute Gasteiger partial charge is 0.508 e. The summed E-state index contributed by atoms with van der Waals surface area (Å²) < 4.78 is 0. The Bertz CT molecular complexity index is 371. The van der Waals surface area contributed by atoms with Crippen LogP contribution in [0.25, 0.3) is 0 Å². The number of hydrogen-bond acceptors (Lipinski definition) is 2. The van der Waals surface area contributed by atoms with Crippen molar-refractivity contribution >= 4 is 0 Å². The third-order valence-electron chi connectivity index (χ3n) is 3.74. The number of benzene rings is 1. The van der Waals surface area contributed by atoms with E-state index in [4.69, 9.17) is 0 Å². The molecule has 1 unspecified atom stereocenters. The second kappa shape index (κ2) is 3.53. The predicted molar refractivity (Wildman–Crippen MR) is 60.0 cm³/mol. The minimum Gasteiger partial charge on any atom is -0.508 e. The van der Waals surface area contributed by atoms with Gasteiger partial charge in [0.15, 0.2) is 0 Å². The summed E-state index contributed by atoms with van der Waals surface area (Å²) >= 11 is 0. The minimum absolute atomic E-state index is 0.415. The van der Waals surface area contributed by atoms with Gasteiger partial charge in [0.25, 0.3) is 0 Å². The molecule has 1 heterocycles. The molecule has 0 radical (unpaired) electrons. The molecule has 1 aliphatic heterocycles. The molecule has 80 valence electrons. The summed E-state index contributed by atoms with van der Waals surface area (Å²) in [5.74, 6) is 0.415. The number of fused-ring (bicyclic) bond motifs is 1. The highest BCUT2D eigenvalue weighted by molar-refractivity contribution is 5.38. The maximum absolute atomic E-state index is 9.47. The molecule has 0 aromatic heterocycles.